The first kappa shape index (κ1) is 31.5. The van der Waals surface area contributed by atoms with Crippen LogP contribution in [0.25, 0.3) is 61.5 Å². The minimum atomic E-state index is -0.0176. The van der Waals surface area contributed by atoms with Crippen LogP contribution >= 0.6 is 0 Å². The molecule has 6 aromatic carbocycles. The van der Waals surface area contributed by atoms with Crippen molar-refractivity contribution in [2.45, 2.75) is 64.2 Å². The molecule has 51 heavy (non-hydrogen) atoms. The molecule has 7 aromatic rings. The molecule has 0 fully saturated rings. The van der Waals surface area contributed by atoms with Gasteiger partial charge in [-0.3, -0.25) is 4.57 Å². The van der Waals surface area contributed by atoms with Gasteiger partial charge in [-0.1, -0.05) is 137 Å². The number of hydrogen-bond acceptors (Lipinski definition) is 1. The summed E-state index contributed by atoms with van der Waals surface area (Å²) in [5.41, 5.74) is 18.6. The third-order valence-corrected chi connectivity index (χ3v) is 12.4. The maximum absolute atomic E-state index is 5.11. The molecule has 0 radical (unpaired) electrons. The predicted octanol–water partition coefficient (Wildman–Crippen LogP) is 13.1. The van der Waals surface area contributed by atoms with E-state index < -0.39 is 0 Å². The summed E-state index contributed by atoms with van der Waals surface area (Å²) in [6.07, 6.45) is 4.34. The summed E-state index contributed by atoms with van der Waals surface area (Å²) in [7, 11) is 0. The van der Waals surface area contributed by atoms with Gasteiger partial charge in [0.15, 0.2) is 0 Å². The van der Waals surface area contributed by atoms with E-state index in [-0.39, 0.29) is 10.8 Å². The van der Waals surface area contributed by atoms with Gasteiger partial charge in [-0.25, -0.2) is 4.98 Å². The lowest BCUT2D eigenvalue weighted by atomic mass is 9.68. The first-order chi connectivity index (χ1) is 25.1. The molecule has 2 nitrogen and oxygen atoms in total. The minimum Gasteiger partial charge on any atom is -0.292 e. The van der Waals surface area contributed by atoms with Crippen molar-refractivity contribution in [1.29, 1.82) is 0 Å². The minimum absolute atomic E-state index is 0.00364. The molecule has 1 aromatic heterocycles. The van der Waals surface area contributed by atoms with Gasteiger partial charge in [-0.05, 0) is 118 Å². The Morgan fingerprint density at radius 1 is 0.451 bits per heavy atom. The Labute approximate surface area is 302 Å². The van der Waals surface area contributed by atoms with E-state index in [1.165, 1.54) is 44.5 Å². The maximum Gasteiger partial charge on any atom is 0.145 e. The van der Waals surface area contributed by atoms with Crippen LogP contribution in [0.3, 0.4) is 0 Å². The van der Waals surface area contributed by atoms with Gasteiger partial charge in [0.05, 0.1) is 11.0 Å². The summed E-state index contributed by atoms with van der Waals surface area (Å²) in [6, 6.07) is 53.6. The van der Waals surface area contributed by atoms with Gasteiger partial charge in [0.25, 0.3) is 0 Å². The molecule has 2 aliphatic carbocycles. The summed E-state index contributed by atoms with van der Waals surface area (Å²) in [5, 5.41) is 0. The standard InChI is InChI=1S/C49H44N2/c1-5-48(6-2)41-31-36(33-17-11-9-12-18-33)27-29-39(41)45-46(48)40-30-28-37(32-42(40)49(45,7-3)8-4)34-23-25-35(26-24-34)47-50-43-21-15-16-22-44(43)51(47)38-19-13-10-14-20-38/h9-32H,5-8H2,1-4H3. The molecular formula is C49H44N2. The van der Waals surface area contributed by atoms with Crippen LogP contribution in [0, 0.1) is 0 Å². The van der Waals surface area contributed by atoms with Crippen LogP contribution in [0.15, 0.2) is 146 Å². The molecule has 0 N–H and O–H groups in total. The highest BCUT2D eigenvalue weighted by Gasteiger charge is 2.54. The summed E-state index contributed by atoms with van der Waals surface area (Å²) < 4.78 is 2.28. The van der Waals surface area contributed by atoms with Gasteiger partial charge in [-0.15, -0.1) is 0 Å². The lowest BCUT2D eigenvalue weighted by molar-refractivity contribution is 0.518. The second-order valence-corrected chi connectivity index (χ2v) is 14.4. The summed E-state index contributed by atoms with van der Waals surface area (Å²) >= 11 is 0. The van der Waals surface area contributed by atoms with E-state index in [2.05, 4.69) is 178 Å². The Bertz CT molecular complexity index is 2440. The maximum atomic E-state index is 5.11. The predicted molar refractivity (Wildman–Crippen MR) is 215 cm³/mol. The van der Waals surface area contributed by atoms with Crippen molar-refractivity contribution in [1.82, 2.24) is 9.55 Å². The van der Waals surface area contributed by atoms with E-state index in [4.69, 9.17) is 4.98 Å². The third kappa shape index (κ3) is 4.52. The van der Waals surface area contributed by atoms with Crippen LogP contribution in [-0.2, 0) is 10.8 Å². The normalized spacial score (nSPS) is 15.2. The molecule has 0 bridgehead atoms. The van der Waals surface area contributed by atoms with E-state index >= 15 is 0 Å². The Hall–Kier alpha value is -5.47. The zero-order valence-electron chi connectivity index (χ0n) is 30.1. The van der Waals surface area contributed by atoms with Gasteiger partial charge in [0, 0.05) is 22.1 Å². The van der Waals surface area contributed by atoms with E-state index in [1.807, 2.05) is 0 Å². The second kappa shape index (κ2) is 12.1. The zero-order chi connectivity index (χ0) is 34.7. The smallest absolute Gasteiger partial charge is 0.145 e. The van der Waals surface area contributed by atoms with Gasteiger partial charge in [-0.2, -0.15) is 0 Å². The first-order valence-electron chi connectivity index (χ1n) is 18.8. The third-order valence-electron chi connectivity index (χ3n) is 12.4. The highest BCUT2D eigenvalue weighted by molar-refractivity contribution is 6.10. The number of nitrogens with zero attached hydrogens (tertiary/aromatic N) is 2. The second-order valence-electron chi connectivity index (χ2n) is 14.4. The number of hydrogen-bond donors (Lipinski definition) is 0. The molecule has 0 spiro atoms. The number of benzene rings is 6. The van der Waals surface area contributed by atoms with Crippen molar-refractivity contribution in [2.75, 3.05) is 0 Å². The Kier molecular flexibility index (Phi) is 7.47. The first-order valence-corrected chi connectivity index (χ1v) is 18.8. The van der Waals surface area contributed by atoms with Crippen molar-refractivity contribution < 1.29 is 0 Å². The number of imidazole rings is 1. The van der Waals surface area contributed by atoms with Crippen LogP contribution in [0.1, 0.15) is 75.6 Å². The van der Waals surface area contributed by atoms with Gasteiger partial charge >= 0.3 is 0 Å². The van der Waals surface area contributed by atoms with Crippen LogP contribution in [-0.4, -0.2) is 9.55 Å². The Morgan fingerprint density at radius 2 is 0.902 bits per heavy atom. The highest BCUT2D eigenvalue weighted by atomic mass is 15.1. The molecule has 0 saturated heterocycles. The topological polar surface area (TPSA) is 17.8 Å². The molecule has 0 unspecified atom stereocenters. The average molecular weight is 661 g/mol. The fourth-order valence-electron chi connectivity index (χ4n) is 9.68. The van der Waals surface area contributed by atoms with Crippen LogP contribution < -0.4 is 0 Å². The zero-order valence-corrected chi connectivity index (χ0v) is 30.1. The molecule has 250 valence electrons. The number of para-hydroxylation sites is 3. The molecule has 2 heteroatoms. The van der Waals surface area contributed by atoms with E-state index in [1.54, 1.807) is 11.1 Å². The fourth-order valence-corrected chi connectivity index (χ4v) is 9.68. The highest BCUT2D eigenvalue weighted by Crippen LogP contribution is 2.67. The van der Waals surface area contributed by atoms with Crippen molar-refractivity contribution in [3.05, 3.63) is 168 Å². The molecule has 0 saturated carbocycles. The van der Waals surface area contributed by atoms with Crippen molar-refractivity contribution in [3.63, 3.8) is 0 Å². The molecule has 1 heterocycles. The number of rotatable bonds is 8. The van der Waals surface area contributed by atoms with Gasteiger partial charge in [0.2, 0.25) is 0 Å². The summed E-state index contributed by atoms with van der Waals surface area (Å²) in [4.78, 5) is 5.11. The van der Waals surface area contributed by atoms with Crippen molar-refractivity contribution >= 4 is 22.2 Å². The van der Waals surface area contributed by atoms with Crippen LogP contribution in [0.2, 0.25) is 0 Å². The van der Waals surface area contributed by atoms with E-state index in [9.17, 15) is 0 Å². The molecule has 2 aliphatic rings. The van der Waals surface area contributed by atoms with Crippen molar-refractivity contribution in [2.24, 2.45) is 0 Å². The van der Waals surface area contributed by atoms with Crippen molar-refractivity contribution in [3.8, 4) is 39.3 Å². The molecule has 9 rings (SSSR count). The van der Waals surface area contributed by atoms with Gasteiger partial charge < -0.3 is 0 Å². The molecule has 0 aliphatic heterocycles. The van der Waals surface area contributed by atoms with E-state index in [0.717, 1.165) is 53.8 Å². The number of allylic oxidation sites excluding steroid dienone is 2. The summed E-state index contributed by atoms with van der Waals surface area (Å²) in [5.74, 6) is 0.962. The quantitative estimate of drug-likeness (QED) is 0.159. The molecular weight excluding hydrogens is 617 g/mol. The lowest BCUT2D eigenvalue weighted by Gasteiger charge is -2.35. The Morgan fingerprint density at radius 3 is 1.45 bits per heavy atom. The van der Waals surface area contributed by atoms with Crippen LogP contribution in [0.4, 0.5) is 0 Å². The molecule has 0 amide bonds. The number of fused-ring (bicyclic) bond motifs is 5. The summed E-state index contributed by atoms with van der Waals surface area (Å²) in [6.45, 7) is 9.61. The van der Waals surface area contributed by atoms with Gasteiger partial charge in [0.1, 0.15) is 5.82 Å². The van der Waals surface area contributed by atoms with E-state index in [0.29, 0.717) is 0 Å². The number of aromatic nitrogens is 2. The largest absolute Gasteiger partial charge is 0.292 e. The Balaban J connectivity index is 1.14. The monoisotopic (exact) mass is 660 g/mol. The molecule has 0 atom stereocenters. The van der Waals surface area contributed by atoms with Crippen LogP contribution in [0.5, 0.6) is 0 Å². The average Bonchev–Trinajstić information content (AvgIpc) is 3.83. The fraction of sp³-hybridized carbons (Fsp3) is 0.204. The SMILES string of the molecule is CCC1(CC)C2=C(c3ccc(-c4ccccc4)cc31)C(CC)(CC)c1cc(-c3ccc(-c4nc5ccccc5n4-c4ccccc4)cc3)ccc12. The lowest BCUT2D eigenvalue weighted by Crippen LogP contribution is -2.26.